The zero-order chi connectivity index (χ0) is 18.0. The summed E-state index contributed by atoms with van der Waals surface area (Å²) in [6.07, 6.45) is 0. The number of nitrogens with zero attached hydrogens (tertiary/aromatic N) is 3. The van der Waals surface area contributed by atoms with E-state index in [2.05, 4.69) is 28.9 Å². The van der Waals surface area contributed by atoms with Gasteiger partial charge in [0.25, 0.3) is 5.91 Å². The summed E-state index contributed by atoms with van der Waals surface area (Å²) in [4.78, 5) is 15.2. The second-order valence-corrected chi connectivity index (χ2v) is 6.56. The lowest BCUT2D eigenvalue weighted by atomic mass is 10.1. The van der Waals surface area contributed by atoms with Gasteiger partial charge in [-0.15, -0.1) is 0 Å². The molecule has 0 atom stereocenters. The standard InChI is InChI=1S/C19H28N4O2/c1-5-23-17-8-7-15(25-6-2)13-16(17)14(3)18(23)19(24)20-22-11-9-21(4)10-12-22/h7-8,13H,5-6,9-12H2,1-4H3,(H,20,24). The molecular weight excluding hydrogens is 316 g/mol. The Labute approximate surface area is 149 Å². The van der Waals surface area contributed by atoms with E-state index in [0.29, 0.717) is 6.61 Å². The van der Waals surface area contributed by atoms with Gasteiger partial charge in [-0.25, -0.2) is 5.01 Å². The minimum absolute atomic E-state index is 0.0296. The average Bonchev–Trinajstić information content (AvgIpc) is 2.89. The highest BCUT2D eigenvalue weighted by Gasteiger charge is 2.23. The van der Waals surface area contributed by atoms with Gasteiger partial charge in [0.15, 0.2) is 0 Å². The molecule has 1 fully saturated rings. The number of likely N-dealkylation sites (N-methyl/N-ethyl adjacent to an activating group) is 1. The number of hydrogen-bond acceptors (Lipinski definition) is 4. The number of rotatable bonds is 5. The predicted octanol–water partition coefficient (Wildman–Crippen LogP) is 2.26. The van der Waals surface area contributed by atoms with Gasteiger partial charge < -0.3 is 14.2 Å². The van der Waals surface area contributed by atoms with E-state index in [1.807, 2.05) is 37.1 Å². The molecule has 0 saturated carbocycles. The van der Waals surface area contributed by atoms with Crippen LogP contribution in [-0.2, 0) is 6.54 Å². The zero-order valence-electron chi connectivity index (χ0n) is 15.6. The molecule has 1 saturated heterocycles. The molecule has 1 N–H and O–H groups in total. The molecule has 2 heterocycles. The molecule has 6 heteroatoms. The Morgan fingerprint density at radius 3 is 2.56 bits per heavy atom. The number of aryl methyl sites for hydroxylation is 2. The first-order valence-electron chi connectivity index (χ1n) is 9.05. The van der Waals surface area contributed by atoms with Crippen LogP contribution in [0.1, 0.15) is 29.9 Å². The van der Waals surface area contributed by atoms with Gasteiger partial charge in [-0.3, -0.25) is 10.2 Å². The number of nitrogens with one attached hydrogen (secondary N) is 1. The van der Waals surface area contributed by atoms with Crippen molar-refractivity contribution in [2.24, 2.45) is 0 Å². The van der Waals surface area contributed by atoms with Crippen LogP contribution in [0.5, 0.6) is 5.75 Å². The van der Waals surface area contributed by atoms with Crippen LogP contribution in [0.4, 0.5) is 0 Å². The molecule has 0 aliphatic carbocycles. The van der Waals surface area contributed by atoms with Crippen LogP contribution in [0.2, 0.25) is 0 Å². The van der Waals surface area contributed by atoms with Crippen LogP contribution in [0, 0.1) is 6.92 Å². The smallest absolute Gasteiger partial charge is 0.282 e. The maximum atomic E-state index is 13.0. The van der Waals surface area contributed by atoms with E-state index in [-0.39, 0.29) is 5.91 Å². The van der Waals surface area contributed by atoms with Crippen molar-refractivity contribution in [1.29, 1.82) is 0 Å². The van der Waals surface area contributed by atoms with Crippen molar-refractivity contribution in [1.82, 2.24) is 19.9 Å². The van der Waals surface area contributed by atoms with Crippen LogP contribution >= 0.6 is 0 Å². The third-order valence-corrected chi connectivity index (χ3v) is 4.89. The summed E-state index contributed by atoms with van der Waals surface area (Å²) in [7, 11) is 2.11. The van der Waals surface area contributed by atoms with Crippen molar-refractivity contribution < 1.29 is 9.53 Å². The van der Waals surface area contributed by atoms with Crippen LogP contribution < -0.4 is 10.2 Å². The van der Waals surface area contributed by atoms with Crippen LogP contribution in [0.25, 0.3) is 10.9 Å². The quantitative estimate of drug-likeness (QED) is 0.904. The Bertz CT molecular complexity index is 760. The van der Waals surface area contributed by atoms with Gasteiger partial charge in [0.05, 0.1) is 6.61 Å². The van der Waals surface area contributed by atoms with E-state index in [9.17, 15) is 4.79 Å². The summed E-state index contributed by atoms with van der Waals surface area (Å²) in [6, 6.07) is 6.05. The van der Waals surface area contributed by atoms with Gasteiger partial charge >= 0.3 is 0 Å². The van der Waals surface area contributed by atoms with Crippen molar-refractivity contribution in [3.63, 3.8) is 0 Å². The Morgan fingerprint density at radius 2 is 1.92 bits per heavy atom. The number of amides is 1. The number of piperazine rings is 1. The fourth-order valence-corrected chi connectivity index (χ4v) is 3.49. The molecule has 136 valence electrons. The second kappa shape index (κ2) is 7.45. The van der Waals surface area contributed by atoms with E-state index in [1.54, 1.807) is 0 Å². The molecule has 1 aliphatic heterocycles. The van der Waals surface area contributed by atoms with E-state index < -0.39 is 0 Å². The van der Waals surface area contributed by atoms with Gasteiger partial charge in [-0.2, -0.15) is 0 Å². The van der Waals surface area contributed by atoms with Crippen molar-refractivity contribution >= 4 is 16.8 Å². The van der Waals surface area contributed by atoms with Crippen LogP contribution in [0.3, 0.4) is 0 Å². The Hall–Kier alpha value is -2.05. The van der Waals surface area contributed by atoms with Crippen molar-refractivity contribution in [3.8, 4) is 5.75 Å². The summed E-state index contributed by atoms with van der Waals surface area (Å²) < 4.78 is 7.71. The lowest BCUT2D eigenvalue weighted by Gasteiger charge is -2.32. The average molecular weight is 344 g/mol. The minimum Gasteiger partial charge on any atom is -0.494 e. The molecule has 2 aromatic rings. The second-order valence-electron chi connectivity index (χ2n) is 6.56. The van der Waals surface area contributed by atoms with Crippen molar-refractivity contribution in [2.75, 3.05) is 39.8 Å². The number of carbonyl (C=O) groups is 1. The van der Waals surface area contributed by atoms with Crippen LogP contribution in [0.15, 0.2) is 18.2 Å². The first-order chi connectivity index (χ1) is 12.0. The molecule has 3 rings (SSSR count). The highest BCUT2D eigenvalue weighted by molar-refractivity contribution is 6.01. The van der Waals surface area contributed by atoms with E-state index in [4.69, 9.17) is 4.74 Å². The fourth-order valence-electron chi connectivity index (χ4n) is 3.49. The summed E-state index contributed by atoms with van der Waals surface area (Å²) in [5, 5.41) is 3.10. The zero-order valence-corrected chi connectivity index (χ0v) is 15.6. The highest BCUT2D eigenvalue weighted by atomic mass is 16.5. The van der Waals surface area contributed by atoms with Gasteiger partial charge in [0, 0.05) is 43.6 Å². The third kappa shape index (κ3) is 3.50. The topological polar surface area (TPSA) is 49.7 Å². The van der Waals surface area contributed by atoms with Crippen LogP contribution in [-0.4, -0.2) is 60.2 Å². The molecule has 6 nitrogen and oxygen atoms in total. The summed E-state index contributed by atoms with van der Waals surface area (Å²) in [5.41, 5.74) is 5.91. The molecule has 1 aromatic carbocycles. The predicted molar refractivity (Wildman–Crippen MR) is 100 cm³/mol. The highest BCUT2D eigenvalue weighted by Crippen LogP contribution is 2.29. The Morgan fingerprint density at radius 1 is 1.20 bits per heavy atom. The van der Waals surface area contributed by atoms with E-state index in [0.717, 1.165) is 60.6 Å². The van der Waals surface area contributed by atoms with Gasteiger partial charge in [0.2, 0.25) is 0 Å². The van der Waals surface area contributed by atoms with Gasteiger partial charge in [-0.1, -0.05) is 0 Å². The number of aromatic nitrogens is 1. The first-order valence-corrected chi connectivity index (χ1v) is 9.05. The number of fused-ring (bicyclic) bond motifs is 1. The maximum Gasteiger partial charge on any atom is 0.282 e. The molecule has 1 aliphatic rings. The van der Waals surface area contributed by atoms with Crippen molar-refractivity contribution in [2.45, 2.75) is 27.3 Å². The number of hydrogen-bond donors (Lipinski definition) is 1. The van der Waals surface area contributed by atoms with E-state index in [1.165, 1.54) is 0 Å². The largest absolute Gasteiger partial charge is 0.494 e. The SMILES string of the molecule is CCOc1ccc2c(c1)c(C)c(C(=O)NN1CCN(C)CC1)n2CC. The van der Waals surface area contributed by atoms with Gasteiger partial charge in [-0.05, 0) is 51.6 Å². The molecule has 0 bridgehead atoms. The molecule has 0 unspecified atom stereocenters. The summed E-state index contributed by atoms with van der Waals surface area (Å²) >= 11 is 0. The molecule has 1 aromatic heterocycles. The fraction of sp³-hybridized carbons (Fsp3) is 0.526. The lowest BCUT2D eigenvalue weighted by Crippen LogP contribution is -2.52. The number of benzene rings is 1. The molecule has 25 heavy (non-hydrogen) atoms. The Kier molecular flexibility index (Phi) is 5.30. The Balaban J connectivity index is 1.91. The number of carbonyl (C=O) groups excluding carboxylic acids is 1. The normalized spacial score (nSPS) is 16.3. The summed E-state index contributed by atoms with van der Waals surface area (Å²) in [6.45, 7) is 11.1. The van der Waals surface area contributed by atoms with Crippen molar-refractivity contribution in [3.05, 3.63) is 29.5 Å². The number of ether oxygens (including phenoxy) is 1. The molecule has 0 spiro atoms. The van der Waals surface area contributed by atoms with Gasteiger partial charge in [0.1, 0.15) is 11.4 Å². The van der Waals surface area contributed by atoms with E-state index >= 15 is 0 Å². The minimum atomic E-state index is -0.0296. The monoisotopic (exact) mass is 344 g/mol. The first kappa shape index (κ1) is 17.8. The lowest BCUT2D eigenvalue weighted by molar-refractivity contribution is 0.0653. The molecular formula is C19H28N4O2. The summed E-state index contributed by atoms with van der Waals surface area (Å²) in [5.74, 6) is 0.815. The third-order valence-electron chi connectivity index (χ3n) is 4.89. The maximum absolute atomic E-state index is 13.0. The number of hydrazine groups is 1. The molecule has 1 amide bonds. The molecule has 0 radical (unpaired) electrons.